The van der Waals surface area contributed by atoms with Gasteiger partial charge in [-0.15, -0.1) is 0 Å². The van der Waals surface area contributed by atoms with Crippen LogP contribution in [0.2, 0.25) is 0 Å². The minimum absolute atomic E-state index is 0.286. The summed E-state index contributed by atoms with van der Waals surface area (Å²) in [5.41, 5.74) is 1.79. The van der Waals surface area contributed by atoms with Crippen LogP contribution in [0.5, 0.6) is 0 Å². The monoisotopic (exact) mass is 314 g/mol. The predicted molar refractivity (Wildman–Crippen MR) is 84.0 cm³/mol. The molecule has 5 rings (SSSR count). The first-order valence-corrected chi connectivity index (χ1v) is 7.81. The maximum Gasteiger partial charge on any atom is 0.326 e. The van der Waals surface area contributed by atoms with E-state index in [4.69, 9.17) is 0 Å². The third-order valence-electron chi connectivity index (χ3n) is 5.64. The lowest BCUT2D eigenvalue weighted by molar-refractivity contribution is -0.153. The second-order valence-electron chi connectivity index (χ2n) is 6.97. The topological polar surface area (TPSA) is 40.6 Å². The number of urea groups is 1. The smallest absolute Gasteiger partial charge is 0.320 e. The molecule has 0 spiro atoms. The third-order valence-corrected chi connectivity index (χ3v) is 5.64. The summed E-state index contributed by atoms with van der Waals surface area (Å²) in [6.07, 6.45) is 2.03. The van der Waals surface area contributed by atoms with E-state index in [0.29, 0.717) is 0 Å². The molecule has 4 aliphatic rings. The van der Waals surface area contributed by atoms with E-state index in [2.05, 4.69) is 6.07 Å². The number of nitrogens with zero attached hydrogens (tertiary/aromatic N) is 2. The summed E-state index contributed by atoms with van der Waals surface area (Å²) >= 11 is 0. The van der Waals surface area contributed by atoms with Gasteiger partial charge in [0.1, 0.15) is 0 Å². The van der Waals surface area contributed by atoms with Crippen LogP contribution in [-0.4, -0.2) is 47.5 Å². The van der Waals surface area contributed by atoms with E-state index < -0.39 is 29.6 Å². The Bertz CT molecular complexity index is 787. The summed E-state index contributed by atoms with van der Waals surface area (Å²) in [5, 5.41) is 0. The van der Waals surface area contributed by atoms with E-state index in [1.165, 1.54) is 11.9 Å². The molecule has 4 nitrogen and oxygen atoms in total. The fraction of sp³-hybridized carbons (Fsp3) is 0.444. The summed E-state index contributed by atoms with van der Waals surface area (Å²) in [7, 11) is 2.94. The molecule has 0 radical (unpaired) electrons. The molecule has 1 aromatic rings. The highest BCUT2D eigenvalue weighted by molar-refractivity contribution is 6.04. The number of amides is 3. The van der Waals surface area contributed by atoms with Crippen LogP contribution in [-0.2, 0) is 4.79 Å². The molecule has 1 fully saturated rings. The second kappa shape index (κ2) is 4.22. The van der Waals surface area contributed by atoms with E-state index in [1.54, 1.807) is 7.05 Å². The number of aryl methyl sites for hydroxylation is 1. The van der Waals surface area contributed by atoms with Gasteiger partial charge in [-0.1, -0.05) is 35.4 Å². The summed E-state index contributed by atoms with van der Waals surface area (Å²) in [6.45, 7) is 3.87. The zero-order valence-corrected chi connectivity index (χ0v) is 13.6. The first-order chi connectivity index (χ1) is 10.8. The minimum atomic E-state index is -2.09. The van der Waals surface area contributed by atoms with E-state index in [1.807, 2.05) is 32.1 Å². The Kier molecular flexibility index (Phi) is 2.64. The number of halogens is 1. The fourth-order valence-corrected chi connectivity index (χ4v) is 4.68. The molecule has 1 aliphatic heterocycles. The Hall–Kier alpha value is -2.17. The lowest BCUT2D eigenvalue weighted by Crippen LogP contribution is -2.73. The van der Waals surface area contributed by atoms with Gasteiger partial charge < -0.3 is 4.90 Å². The average molecular weight is 314 g/mol. The van der Waals surface area contributed by atoms with E-state index in [-0.39, 0.29) is 5.92 Å². The summed E-state index contributed by atoms with van der Waals surface area (Å²) in [4.78, 5) is 27.3. The molecule has 1 aromatic carbocycles. The number of imide groups is 1. The van der Waals surface area contributed by atoms with Gasteiger partial charge in [0.2, 0.25) is 5.67 Å². The molecular weight excluding hydrogens is 295 g/mol. The van der Waals surface area contributed by atoms with Crippen molar-refractivity contribution in [2.24, 2.45) is 0 Å². The molecule has 2 bridgehead atoms. The standard InChI is InChI=1S/C18H19FN2O2/c1-9-5-6-11-12(7-9)13-8-10(2)14(11)18(19)15(13)20(3)17(23)21(4)16(18)22/h5-8,13-15H,1-4H3/t13-,14+,15+,18+/m0/s1. The van der Waals surface area contributed by atoms with E-state index in [0.717, 1.165) is 27.2 Å². The van der Waals surface area contributed by atoms with Crippen molar-refractivity contribution < 1.29 is 14.0 Å². The number of hydrogen-bond acceptors (Lipinski definition) is 2. The van der Waals surface area contributed by atoms with Crippen LogP contribution in [0, 0.1) is 6.92 Å². The summed E-state index contributed by atoms with van der Waals surface area (Å²) in [6, 6.07) is 4.72. The van der Waals surface area contributed by atoms with Crippen LogP contribution in [0.4, 0.5) is 9.18 Å². The lowest BCUT2D eigenvalue weighted by Gasteiger charge is -2.57. The van der Waals surface area contributed by atoms with Gasteiger partial charge in [0.05, 0.1) is 12.0 Å². The maximum absolute atomic E-state index is 16.2. The van der Waals surface area contributed by atoms with Gasteiger partial charge in [-0.2, -0.15) is 0 Å². The Morgan fingerprint density at radius 1 is 1.13 bits per heavy atom. The molecule has 0 N–H and O–H groups in total. The zero-order chi connectivity index (χ0) is 16.7. The molecule has 1 heterocycles. The number of allylic oxidation sites excluding steroid dienone is 1. The molecule has 0 saturated carbocycles. The van der Waals surface area contributed by atoms with E-state index in [9.17, 15) is 9.59 Å². The van der Waals surface area contributed by atoms with Gasteiger partial charge in [0.25, 0.3) is 5.91 Å². The highest BCUT2D eigenvalue weighted by atomic mass is 19.1. The van der Waals surface area contributed by atoms with Gasteiger partial charge in [-0.3, -0.25) is 9.69 Å². The molecule has 3 amide bonds. The Morgan fingerprint density at radius 2 is 1.83 bits per heavy atom. The Morgan fingerprint density at radius 3 is 2.52 bits per heavy atom. The number of likely N-dealkylation sites (N-methyl/N-ethyl adjacent to an activating group) is 1. The fourth-order valence-electron chi connectivity index (χ4n) is 4.68. The van der Waals surface area contributed by atoms with Crippen molar-refractivity contribution in [2.45, 2.75) is 37.4 Å². The van der Waals surface area contributed by atoms with Gasteiger partial charge in [-0.25, -0.2) is 9.18 Å². The number of benzene rings is 1. The zero-order valence-electron chi connectivity index (χ0n) is 13.6. The second-order valence-corrected chi connectivity index (χ2v) is 6.97. The SMILES string of the molecule is CC1=C[C@H]2c3cc(C)ccc3[C@@H]1[C@]1(F)C(=O)N(C)C(=O)N(C)[C@H]21. The van der Waals surface area contributed by atoms with Gasteiger partial charge >= 0.3 is 6.03 Å². The lowest BCUT2D eigenvalue weighted by atomic mass is 9.57. The van der Waals surface area contributed by atoms with Gasteiger partial charge in [-0.05, 0) is 25.0 Å². The van der Waals surface area contributed by atoms with Crippen LogP contribution in [0.1, 0.15) is 35.4 Å². The summed E-state index contributed by atoms with van der Waals surface area (Å²) < 4.78 is 16.2. The van der Waals surface area contributed by atoms with Crippen LogP contribution >= 0.6 is 0 Å². The third kappa shape index (κ3) is 1.50. The van der Waals surface area contributed by atoms with Crippen molar-refractivity contribution in [3.8, 4) is 0 Å². The minimum Gasteiger partial charge on any atom is -0.320 e. The Labute approximate surface area is 134 Å². The highest BCUT2D eigenvalue weighted by Crippen LogP contribution is 2.58. The van der Waals surface area contributed by atoms with Crippen molar-refractivity contribution in [3.05, 3.63) is 46.5 Å². The molecular formula is C18H19FN2O2. The van der Waals surface area contributed by atoms with Crippen LogP contribution in [0.15, 0.2) is 29.8 Å². The molecule has 23 heavy (non-hydrogen) atoms. The van der Waals surface area contributed by atoms with E-state index >= 15 is 4.39 Å². The number of carbonyl (C=O) groups excluding carboxylic acids is 2. The number of rotatable bonds is 0. The molecule has 1 saturated heterocycles. The molecule has 5 heteroatoms. The molecule has 3 aliphatic carbocycles. The molecule has 4 atom stereocenters. The predicted octanol–water partition coefficient (Wildman–Crippen LogP) is 2.74. The molecule has 0 unspecified atom stereocenters. The van der Waals surface area contributed by atoms with Gasteiger partial charge in [0.15, 0.2) is 0 Å². The number of hydrogen-bond donors (Lipinski definition) is 0. The van der Waals surface area contributed by atoms with Gasteiger partial charge in [0, 0.05) is 20.0 Å². The first-order valence-electron chi connectivity index (χ1n) is 7.81. The van der Waals surface area contributed by atoms with Crippen LogP contribution < -0.4 is 0 Å². The Balaban J connectivity index is 2.01. The van der Waals surface area contributed by atoms with Crippen molar-refractivity contribution in [3.63, 3.8) is 0 Å². The van der Waals surface area contributed by atoms with Crippen molar-refractivity contribution in [1.29, 1.82) is 0 Å². The average Bonchev–Trinajstić information content (AvgIpc) is 2.51. The van der Waals surface area contributed by atoms with Crippen LogP contribution in [0.25, 0.3) is 0 Å². The highest BCUT2D eigenvalue weighted by Gasteiger charge is 2.67. The van der Waals surface area contributed by atoms with Crippen LogP contribution in [0.3, 0.4) is 0 Å². The van der Waals surface area contributed by atoms with Crippen molar-refractivity contribution in [1.82, 2.24) is 9.80 Å². The number of alkyl halides is 1. The summed E-state index contributed by atoms with van der Waals surface area (Å²) in [5.74, 6) is -1.63. The van der Waals surface area contributed by atoms with Crippen molar-refractivity contribution >= 4 is 11.9 Å². The molecule has 0 aromatic heterocycles. The maximum atomic E-state index is 16.2. The normalized spacial score (nSPS) is 35.2. The molecule has 120 valence electrons. The quantitative estimate of drug-likeness (QED) is 0.691. The van der Waals surface area contributed by atoms with Crippen molar-refractivity contribution in [2.75, 3.05) is 14.1 Å². The largest absolute Gasteiger partial charge is 0.326 e. The number of carbonyl (C=O) groups is 2. The first kappa shape index (κ1) is 14.4.